The highest BCUT2D eigenvalue weighted by Crippen LogP contribution is 2.29. The maximum absolute atomic E-state index is 5.92. The molecule has 24 heavy (non-hydrogen) atoms. The molecule has 0 radical (unpaired) electrons. The zero-order valence-corrected chi connectivity index (χ0v) is 14.2. The molecule has 0 bridgehead atoms. The predicted octanol–water partition coefficient (Wildman–Crippen LogP) is 1.63. The molecule has 0 amide bonds. The van der Waals surface area contributed by atoms with Crippen LogP contribution in [0.25, 0.3) is 11.0 Å². The Morgan fingerprint density at radius 2 is 2.21 bits per heavy atom. The van der Waals surface area contributed by atoms with Crippen LogP contribution >= 0.6 is 0 Å². The van der Waals surface area contributed by atoms with Crippen LogP contribution in [0.15, 0.2) is 24.5 Å². The first-order valence-corrected chi connectivity index (χ1v) is 8.24. The maximum atomic E-state index is 5.92. The summed E-state index contributed by atoms with van der Waals surface area (Å²) in [5.74, 6) is 0. The minimum atomic E-state index is 0.0503. The lowest BCUT2D eigenvalue weighted by molar-refractivity contribution is 0.0919. The molecule has 7 heteroatoms. The number of aromatic nitrogens is 5. The van der Waals surface area contributed by atoms with E-state index < -0.39 is 0 Å². The number of hydrogen-bond donors (Lipinski definition) is 1. The number of fused-ring (bicyclic) bond motifs is 1. The van der Waals surface area contributed by atoms with Crippen LogP contribution in [-0.4, -0.2) is 37.2 Å². The van der Waals surface area contributed by atoms with Crippen molar-refractivity contribution in [2.24, 2.45) is 14.1 Å². The first-order chi connectivity index (χ1) is 11.6. The van der Waals surface area contributed by atoms with E-state index in [4.69, 9.17) is 4.74 Å². The molecule has 0 unspecified atom stereocenters. The van der Waals surface area contributed by atoms with Crippen molar-refractivity contribution in [2.45, 2.75) is 32.0 Å². The summed E-state index contributed by atoms with van der Waals surface area (Å²) in [7, 11) is 3.88. The van der Waals surface area contributed by atoms with Crippen molar-refractivity contribution in [2.75, 3.05) is 6.61 Å². The van der Waals surface area contributed by atoms with Crippen molar-refractivity contribution in [3.63, 3.8) is 0 Å². The van der Waals surface area contributed by atoms with Crippen molar-refractivity contribution < 1.29 is 4.74 Å². The number of pyridine rings is 1. The second-order valence-corrected chi connectivity index (χ2v) is 6.37. The van der Waals surface area contributed by atoms with Crippen LogP contribution < -0.4 is 5.32 Å². The molecule has 3 aromatic heterocycles. The smallest absolute Gasteiger partial charge is 0.157 e. The quantitative estimate of drug-likeness (QED) is 0.789. The highest BCUT2D eigenvalue weighted by molar-refractivity contribution is 5.78. The van der Waals surface area contributed by atoms with Crippen LogP contribution in [0, 0.1) is 6.92 Å². The SMILES string of the molecule is Cc1nn(C)c2ncc(CN[C@H]3CCO[C@@H]3c3ccnn3C)cc12. The van der Waals surface area contributed by atoms with Crippen molar-refractivity contribution in [1.29, 1.82) is 0 Å². The lowest BCUT2D eigenvalue weighted by Crippen LogP contribution is -2.32. The third-order valence-corrected chi connectivity index (χ3v) is 4.73. The van der Waals surface area contributed by atoms with Gasteiger partial charge in [0.2, 0.25) is 0 Å². The number of aryl methyl sites for hydroxylation is 3. The van der Waals surface area contributed by atoms with Crippen LogP contribution in [0.2, 0.25) is 0 Å². The van der Waals surface area contributed by atoms with Gasteiger partial charge in [-0.3, -0.25) is 9.36 Å². The van der Waals surface area contributed by atoms with Crippen LogP contribution in [-0.2, 0) is 25.4 Å². The number of hydrogen-bond acceptors (Lipinski definition) is 5. The number of ether oxygens (including phenoxy) is 1. The van der Waals surface area contributed by atoms with E-state index >= 15 is 0 Å². The molecule has 7 nitrogen and oxygen atoms in total. The lowest BCUT2D eigenvalue weighted by atomic mass is 10.1. The summed E-state index contributed by atoms with van der Waals surface area (Å²) in [6.45, 7) is 3.55. The molecule has 126 valence electrons. The van der Waals surface area contributed by atoms with Gasteiger partial charge in [0.1, 0.15) is 6.10 Å². The van der Waals surface area contributed by atoms with Crippen LogP contribution in [0.5, 0.6) is 0 Å². The molecule has 0 aromatic carbocycles. The molecular formula is C17H22N6O. The van der Waals surface area contributed by atoms with E-state index in [-0.39, 0.29) is 12.1 Å². The molecule has 1 aliphatic rings. The number of rotatable bonds is 4. The fraction of sp³-hybridized carbons (Fsp3) is 0.471. The lowest BCUT2D eigenvalue weighted by Gasteiger charge is -2.20. The van der Waals surface area contributed by atoms with Crippen molar-refractivity contribution >= 4 is 11.0 Å². The Labute approximate surface area is 140 Å². The van der Waals surface area contributed by atoms with Gasteiger partial charge in [-0.1, -0.05) is 0 Å². The van der Waals surface area contributed by atoms with Gasteiger partial charge in [0.15, 0.2) is 5.65 Å². The molecule has 0 spiro atoms. The summed E-state index contributed by atoms with van der Waals surface area (Å²) in [4.78, 5) is 4.54. The highest BCUT2D eigenvalue weighted by atomic mass is 16.5. The van der Waals surface area contributed by atoms with Crippen molar-refractivity contribution in [3.8, 4) is 0 Å². The van der Waals surface area contributed by atoms with Gasteiger partial charge < -0.3 is 10.1 Å². The Hall–Kier alpha value is -2.25. The summed E-state index contributed by atoms with van der Waals surface area (Å²) < 4.78 is 9.63. The van der Waals surface area contributed by atoms with Crippen LogP contribution in [0.3, 0.4) is 0 Å². The van der Waals surface area contributed by atoms with E-state index in [9.17, 15) is 0 Å². The van der Waals surface area contributed by atoms with Gasteiger partial charge in [-0.15, -0.1) is 0 Å². The second-order valence-electron chi connectivity index (χ2n) is 6.37. The first-order valence-electron chi connectivity index (χ1n) is 8.24. The second kappa shape index (κ2) is 5.99. The van der Waals surface area contributed by atoms with E-state index in [0.29, 0.717) is 0 Å². The van der Waals surface area contributed by atoms with Gasteiger partial charge in [0, 0.05) is 51.1 Å². The average molecular weight is 326 g/mol. The molecule has 0 saturated carbocycles. The molecule has 4 heterocycles. The Morgan fingerprint density at radius 1 is 1.33 bits per heavy atom. The Balaban J connectivity index is 1.50. The zero-order valence-electron chi connectivity index (χ0n) is 14.2. The Kier molecular flexibility index (Phi) is 3.82. The molecule has 4 rings (SSSR count). The van der Waals surface area contributed by atoms with Gasteiger partial charge in [-0.25, -0.2) is 4.98 Å². The Bertz CT molecular complexity index is 867. The third kappa shape index (κ3) is 2.59. The number of nitrogens with zero attached hydrogens (tertiary/aromatic N) is 5. The topological polar surface area (TPSA) is 69.8 Å². The molecule has 1 aliphatic heterocycles. The molecule has 0 aliphatic carbocycles. The maximum Gasteiger partial charge on any atom is 0.157 e. The predicted molar refractivity (Wildman–Crippen MR) is 90.4 cm³/mol. The van der Waals surface area contributed by atoms with Crippen LogP contribution in [0.4, 0.5) is 0 Å². The van der Waals surface area contributed by atoms with Gasteiger partial charge in [-0.05, 0) is 31.0 Å². The van der Waals surface area contributed by atoms with E-state index in [1.54, 1.807) is 0 Å². The van der Waals surface area contributed by atoms with E-state index in [2.05, 4.69) is 26.6 Å². The minimum absolute atomic E-state index is 0.0503. The van der Waals surface area contributed by atoms with Gasteiger partial charge in [0.05, 0.1) is 11.4 Å². The van der Waals surface area contributed by atoms with E-state index in [1.165, 1.54) is 0 Å². The minimum Gasteiger partial charge on any atom is -0.370 e. The average Bonchev–Trinajstić information content (AvgIpc) is 3.26. The monoisotopic (exact) mass is 326 g/mol. The number of nitrogens with one attached hydrogen (secondary N) is 1. The molecule has 1 fully saturated rings. The summed E-state index contributed by atoms with van der Waals surface area (Å²) in [6.07, 6.45) is 4.79. The summed E-state index contributed by atoms with van der Waals surface area (Å²) in [5.41, 5.74) is 4.21. The van der Waals surface area contributed by atoms with Crippen molar-refractivity contribution in [3.05, 3.63) is 41.5 Å². The fourth-order valence-corrected chi connectivity index (χ4v) is 3.45. The first kappa shape index (κ1) is 15.3. The summed E-state index contributed by atoms with van der Waals surface area (Å²) in [5, 5.41) is 13.4. The molecule has 2 atom stereocenters. The normalized spacial score (nSPS) is 21.0. The summed E-state index contributed by atoms with van der Waals surface area (Å²) in [6, 6.07) is 4.48. The zero-order chi connectivity index (χ0) is 16.7. The third-order valence-electron chi connectivity index (χ3n) is 4.73. The highest BCUT2D eigenvalue weighted by Gasteiger charge is 2.31. The molecule has 1 N–H and O–H groups in total. The largest absolute Gasteiger partial charge is 0.370 e. The fourth-order valence-electron chi connectivity index (χ4n) is 3.45. The molecular weight excluding hydrogens is 304 g/mol. The Morgan fingerprint density at radius 3 is 3.00 bits per heavy atom. The molecule has 1 saturated heterocycles. The van der Waals surface area contributed by atoms with Crippen LogP contribution in [0.1, 0.15) is 29.5 Å². The molecule has 3 aromatic rings. The van der Waals surface area contributed by atoms with Gasteiger partial charge >= 0.3 is 0 Å². The van der Waals surface area contributed by atoms with E-state index in [0.717, 1.165) is 47.6 Å². The van der Waals surface area contributed by atoms with Crippen molar-refractivity contribution in [1.82, 2.24) is 29.9 Å². The standard InChI is InChI=1S/C17H22N6O/c1-11-13-8-12(10-19-17(13)23(3)21-11)9-18-14-5-7-24-16(14)15-4-6-20-22(15)2/h4,6,8,10,14,16,18H,5,7,9H2,1-3H3/t14-,16-/m0/s1. The summed E-state index contributed by atoms with van der Waals surface area (Å²) >= 11 is 0. The van der Waals surface area contributed by atoms with Gasteiger partial charge in [0.25, 0.3) is 0 Å². The van der Waals surface area contributed by atoms with Gasteiger partial charge in [-0.2, -0.15) is 10.2 Å². The van der Waals surface area contributed by atoms with E-state index in [1.807, 2.05) is 48.8 Å².